The van der Waals surface area contributed by atoms with Crippen LogP contribution in [-0.4, -0.2) is 202 Å². The molecule has 6 aliphatic rings. The number of benzene rings is 6. The molecular weight excluding hydrogens is 1590 g/mol. The van der Waals surface area contributed by atoms with E-state index in [2.05, 4.69) is 88.4 Å². The van der Waals surface area contributed by atoms with Crippen LogP contribution in [-0.2, 0) is 19.1 Å². The molecule has 27 nitrogen and oxygen atoms in total. The highest BCUT2D eigenvalue weighted by Gasteiger charge is 2.37. The fraction of sp³-hybridized carbons (Fsp3) is 0.316. The van der Waals surface area contributed by atoms with Gasteiger partial charge < -0.3 is 64.5 Å². The van der Waals surface area contributed by atoms with Gasteiger partial charge in [-0.3, -0.25) is 29.1 Å². The Kier molecular flexibility index (Phi) is 28.8. The molecule has 4 atom stereocenters. The van der Waals surface area contributed by atoms with Gasteiger partial charge >= 0.3 is 0 Å². The molecule has 6 aromatic carbocycles. The first-order valence-corrected chi connectivity index (χ1v) is 41.4. The van der Waals surface area contributed by atoms with Gasteiger partial charge in [-0.05, 0) is 162 Å². The first-order chi connectivity index (χ1) is 60.0. The lowest BCUT2D eigenvalue weighted by atomic mass is 10.0. The van der Waals surface area contributed by atoms with Gasteiger partial charge in [0.1, 0.15) is 123 Å². The SMILES string of the molecule is C.C.C.C#Cc1c(-c2ccc(Oc3ccccc3)cc2)c2c(N)ncnc2n1[C@@H]1CCN(C(=O)/C=C/CN(C)C2CC2)C1.CN(C/C=C/C(=O)N1CC[C@@H](n2c(C#N)c(-c3ccc(Oc4cccc(F)c4)cc3)c3c(N)ncnc32)C1)C1CC1.CN(C/C=C/C(=O)N1CC[C@@H](n2c(C#N)c(-c3ccc(Oc4ccccc4)cc3)c3c(N)ncnc32)C1)[C@@H]1CCOC1. The molecule has 6 N–H and O–H groups in total. The first-order valence-electron chi connectivity index (χ1n) is 41.4. The standard InChI is InChI=1S/C32H33N7O3.C32H32N6O2.C31H30FN7O2.3CH4/c1-37(24-14-17-41-20-24)15-5-8-28(40)38-16-13-23(19-38)39-27(18-33)29(30-31(34)35-21-36-32(30)39)22-9-11-26(12-10-22)42-25-6-3-2-4-7-25;1-3-27-29(22-11-15-26(16-12-22)40-25-8-5-4-6-9-25)30-31(33)34-21-35-32(30)38(27)24-17-19-37(20-24)28(39)10-7-18-36(2)23-13-14-23;1-37(22-9-10-22)14-3-6-27(40)38-15-13-23(18-38)39-26(17-33)28(29-30(34)35-19-36-31(29)39)20-7-11-24(12-8-20)41-25-5-2-4-21(32)16-25;;;/h2-12,21,23-24H,13-17,19-20H2,1H3,(H2,34,35,36);1,4-12,15-16,21,23-24H,13-14,17-20H2,2H3,(H2,33,34,35);2-8,11-12,16,19,22-23H,9-10,13-15,18H2,1H3,(H2,34,35,36);3*1H4/b8-5+;10-7+;6-3+;;;/t23-,24-;24-;23-;;;/m111.../s1. The molecule has 3 amide bonds. The first kappa shape index (κ1) is 89.7. The van der Waals surface area contributed by atoms with Gasteiger partial charge in [-0.2, -0.15) is 10.5 Å². The number of halogens is 1. The zero-order valence-electron chi connectivity index (χ0n) is 68.8. The lowest BCUT2D eigenvalue weighted by molar-refractivity contribution is -0.125. The fourth-order valence-electron chi connectivity index (χ4n) is 16.8. The number of terminal acetylenes is 1. The van der Waals surface area contributed by atoms with Crippen LogP contribution in [0.2, 0.25) is 0 Å². The summed E-state index contributed by atoms with van der Waals surface area (Å²) in [5.41, 5.74) is 27.1. The number of fused-ring (bicyclic) bond motifs is 3. The van der Waals surface area contributed by atoms with Crippen LogP contribution in [0.3, 0.4) is 0 Å². The van der Waals surface area contributed by atoms with Gasteiger partial charge in [-0.25, -0.2) is 34.3 Å². The van der Waals surface area contributed by atoms with E-state index in [9.17, 15) is 29.3 Å². The molecule has 18 rings (SSSR count). The molecule has 2 aliphatic carbocycles. The van der Waals surface area contributed by atoms with Crippen molar-refractivity contribution in [3.63, 3.8) is 0 Å². The average molecular weight is 1700 g/mol. The Hall–Kier alpha value is -14.1. The van der Waals surface area contributed by atoms with Crippen LogP contribution < -0.4 is 31.4 Å². The number of amides is 3. The Morgan fingerprint density at radius 1 is 0.452 bits per heavy atom. The average Bonchev–Trinajstić information content (AvgIpc) is 1.59. The number of nitriles is 2. The number of hydrogen-bond acceptors (Lipinski definition) is 21. The number of rotatable bonds is 24. The highest BCUT2D eigenvalue weighted by atomic mass is 19.1. The lowest BCUT2D eigenvalue weighted by Crippen LogP contribution is -2.32. The number of hydrogen-bond donors (Lipinski definition) is 3. The Morgan fingerprint density at radius 2 is 0.786 bits per heavy atom. The minimum absolute atomic E-state index is 0. The van der Waals surface area contributed by atoms with E-state index in [4.69, 9.17) is 42.6 Å². The van der Waals surface area contributed by atoms with Crippen molar-refractivity contribution in [3.8, 4) is 92.4 Å². The number of anilines is 3. The number of carbonyl (C=O) groups excluding carboxylic acids is 3. The molecule has 12 aromatic rings. The van der Waals surface area contributed by atoms with E-state index >= 15 is 0 Å². The monoisotopic (exact) mass is 1690 g/mol. The number of carbonyl (C=O) groups is 3. The van der Waals surface area contributed by atoms with E-state index in [0.717, 1.165) is 78.3 Å². The number of nitrogens with two attached hydrogens (primary N) is 3. The molecule has 0 radical (unpaired) electrons. The third kappa shape index (κ3) is 19.9. The molecule has 0 unspecified atom stereocenters. The van der Waals surface area contributed by atoms with Crippen LogP contribution >= 0.6 is 0 Å². The molecular formula is C98H107FN20O7. The summed E-state index contributed by atoms with van der Waals surface area (Å²) < 4.78 is 42.7. The van der Waals surface area contributed by atoms with Gasteiger partial charge in [0.05, 0.1) is 40.9 Å². The van der Waals surface area contributed by atoms with Crippen LogP contribution in [0.15, 0.2) is 213 Å². The summed E-state index contributed by atoms with van der Waals surface area (Å²) in [5, 5.41) is 22.7. The molecule has 126 heavy (non-hydrogen) atoms. The maximum atomic E-state index is 13.6. The van der Waals surface area contributed by atoms with Gasteiger partial charge in [0.15, 0.2) is 0 Å². The fourth-order valence-corrected chi connectivity index (χ4v) is 16.8. The van der Waals surface area contributed by atoms with Crippen molar-refractivity contribution in [1.82, 2.24) is 73.0 Å². The summed E-state index contributed by atoms with van der Waals surface area (Å²) in [4.78, 5) is 77.6. The van der Waals surface area contributed by atoms with Crippen LogP contribution in [0.5, 0.6) is 34.5 Å². The predicted molar refractivity (Wildman–Crippen MR) is 490 cm³/mol. The van der Waals surface area contributed by atoms with Crippen molar-refractivity contribution in [2.75, 3.05) is 110 Å². The van der Waals surface area contributed by atoms with E-state index in [1.807, 2.05) is 163 Å². The summed E-state index contributed by atoms with van der Waals surface area (Å²) in [6, 6.07) is 53.8. The van der Waals surface area contributed by atoms with Crippen LogP contribution in [0.1, 0.15) is 109 Å². The summed E-state index contributed by atoms with van der Waals surface area (Å²) in [5.74, 6) is 7.22. The highest BCUT2D eigenvalue weighted by molar-refractivity contribution is 6.06. The molecule has 10 heterocycles. The molecule has 6 fully saturated rings. The molecule has 0 bridgehead atoms. The lowest BCUT2D eigenvalue weighted by Gasteiger charge is -2.21. The Labute approximate surface area is 734 Å². The summed E-state index contributed by atoms with van der Waals surface area (Å²) >= 11 is 0. The number of likely N-dealkylation sites (N-methyl/N-ethyl adjacent to an activating group) is 3. The number of likely N-dealkylation sites (tertiary alicyclic amines) is 3. The van der Waals surface area contributed by atoms with Crippen molar-refractivity contribution in [1.29, 1.82) is 10.5 Å². The summed E-state index contributed by atoms with van der Waals surface area (Å²) in [7, 11) is 6.23. The van der Waals surface area contributed by atoms with Gasteiger partial charge in [0.25, 0.3) is 0 Å². The van der Waals surface area contributed by atoms with Gasteiger partial charge in [0.2, 0.25) is 17.7 Å². The molecule has 6 aromatic heterocycles. The van der Waals surface area contributed by atoms with E-state index in [1.54, 1.807) is 42.5 Å². The summed E-state index contributed by atoms with van der Waals surface area (Å²) in [6.45, 7) is 7.05. The van der Waals surface area contributed by atoms with E-state index < -0.39 is 0 Å². The molecule has 4 saturated heterocycles. The summed E-state index contributed by atoms with van der Waals surface area (Å²) in [6.07, 6.45) is 29.3. The van der Waals surface area contributed by atoms with E-state index in [1.165, 1.54) is 56.8 Å². The smallest absolute Gasteiger partial charge is 0.246 e. The Bertz CT molecular complexity index is 6080. The predicted octanol–water partition coefficient (Wildman–Crippen LogP) is 16.1. The second-order valence-electron chi connectivity index (χ2n) is 31.7. The van der Waals surface area contributed by atoms with E-state index in [-0.39, 0.29) is 69.8 Å². The topological polar surface area (TPSA) is 325 Å². The number of nitrogen functional groups attached to an aromatic ring is 3. The normalized spacial score (nSPS) is 17.2. The Morgan fingerprint density at radius 3 is 1.12 bits per heavy atom. The maximum absolute atomic E-state index is 13.6. The number of ether oxygens (including phenoxy) is 4. The third-order valence-corrected chi connectivity index (χ3v) is 23.6. The van der Waals surface area contributed by atoms with Crippen molar-refractivity contribution >= 4 is 68.3 Å². The second-order valence-corrected chi connectivity index (χ2v) is 31.7. The zero-order valence-corrected chi connectivity index (χ0v) is 68.8. The number of para-hydroxylation sites is 2. The van der Waals surface area contributed by atoms with Crippen LogP contribution in [0, 0.1) is 40.8 Å². The minimum atomic E-state index is -0.384. The zero-order chi connectivity index (χ0) is 85.2. The van der Waals surface area contributed by atoms with Crippen molar-refractivity contribution in [3.05, 3.63) is 236 Å². The molecule has 2 saturated carbocycles. The van der Waals surface area contributed by atoms with Crippen molar-refractivity contribution in [2.24, 2.45) is 0 Å². The van der Waals surface area contributed by atoms with Gasteiger partial charge in [-0.1, -0.05) is 125 Å². The van der Waals surface area contributed by atoms with Crippen LogP contribution in [0.4, 0.5) is 21.8 Å². The highest BCUT2D eigenvalue weighted by Crippen LogP contribution is 2.45. The van der Waals surface area contributed by atoms with Gasteiger partial charge in [-0.15, -0.1) is 6.42 Å². The van der Waals surface area contributed by atoms with Crippen molar-refractivity contribution < 1.29 is 37.7 Å². The molecule has 0 spiro atoms. The minimum Gasteiger partial charge on any atom is -0.457 e. The third-order valence-electron chi connectivity index (χ3n) is 23.6. The van der Waals surface area contributed by atoms with Crippen LogP contribution in [0.25, 0.3) is 66.5 Å². The van der Waals surface area contributed by atoms with Gasteiger partial charge in [0, 0.05) is 125 Å². The van der Waals surface area contributed by atoms with E-state index in [0.29, 0.717) is 167 Å². The largest absolute Gasteiger partial charge is 0.457 e. The maximum Gasteiger partial charge on any atom is 0.246 e. The number of nitrogens with zero attached hydrogens (tertiary/aromatic N) is 17. The molecule has 28 heteroatoms. The van der Waals surface area contributed by atoms with Crippen molar-refractivity contribution in [2.45, 2.75) is 110 Å². The Balaban J connectivity index is 0.000000160. The molecule has 648 valence electrons. The molecule has 4 aliphatic heterocycles. The number of aromatic nitrogens is 9. The quantitative estimate of drug-likeness (QED) is 0.0374. The second kappa shape index (κ2) is 40.5.